The molecule has 2 aromatic rings. The number of nitrogens with one attached hydrogen (secondary N) is 1. The lowest BCUT2D eigenvalue weighted by molar-refractivity contribution is -0.120. The minimum atomic E-state index is -0.130. The highest BCUT2D eigenvalue weighted by atomic mass is 16.1. The van der Waals surface area contributed by atoms with Gasteiger partial charge in [-0.15, -0.1) is 0 Å². The molecule has 2 rings (SSSR count). The number of nitrogens with zero attached hydrogens (tertiary/aromatic N) is 1. The van der Waals surface area contributed by atoms with Crippen LogP contribution in [-0.4, -0.2) is 17.0 Å². The normalized spacial score (nSPS) is 12.7. The first-order valence-electron chi connectivity index (χ1n) is 6.09. The van der Waals surface area contributed by atoms with Gasteiger partial charge in [0, 0.05) is 29.2 Å². The van der Waals surface area contributed by atoms with E-state index in [0.717, 1.165) is 5.56 Å². The molecule has 1 amide bonds. The average Bonchev–Trinajstić information content (AvgIpc) is 2.62. The van der Waals surface area contributed by atoms with Crippen molar-refractivity contribution in [1.82, 2.24) is 9.88 Å². The first-order valence-corrected chi connectivity index (χ1v) is 6.09. The minimum Gasteiger partial charge on any atom is -0.348 e. The van der Waals surface area contributed by atoms with Crippen molar-refractivity contribution in [2.24, 2.45) is 12.8 Å². The monoisotopic (exact) mass is 245 g/mol. The third-order valence-electron chi connectivity index (χ3n) is 3.44. The van der Waals surface area contributed by atoms with Gasteiger partial charge in [0.25, 0.3) is 0 Å². The van der Waals surface area contributed by atoms with Gasteiger partial charge in [-0.1, -0.05) is 18.2 Å². The quantitative estimate of drug-likeness (QED) is 0.863. The molecule has 0 aliphatic heterocycles. The topological polar surface area (TPSA) is 60.1 Å². The molecule has 3 N–H and O–H groups in total. The second-order valence-electron chi connectivity index (χ2n) is 4.57. The zero-order valence-electron chi connectivity index (χ0n) is 11.0. The van der Waals surface area contributed by atoms with Crippen molar-refractivity contribution < 1.29 is 4.79 Å². The van der Waals surface area contributed by atoms with Crippen LogP contribution in [0.1, 0.15) is 24.2 Å². The number of rotatable bonds is 3. The van der Waals surface area contributed by atoms with E-state index in [1.165, 1.54) is 16.6 Å². The molecule has 0 fully saturated rings. The van der Waals surface area contributed by atoms with E-state index in [9.17, 15) is 4.79 Å². The molecular formula is C14H19N3O. The summed E-state index contributed by atoms with van der Waals surface area (Å²) < 4.78 is 2.15. The highest BCUT2D eigenvalue weighted by molar-refractivity contribution is 5.87. The van der Waals surface area contributed by atoms with Gasteiger partial charge >= 0.3 is 0 Å². The smallest absolute Gasteiger partial charge is 0.234 e. The van der Waals surface area contributed by atoms with E-state index in [4.69, 9.17) is 5.73 Å². The van der Waals surface area contributed by atoms with Crippen molar-refractivity contribution in [1.29, 1.82) is 0 Å². The molecule has 1 aromatic heterocycles. The Hall–Kier alpha value is -1.81. The molecule has 1 heterocycles. The Bertz CT molecular complexity index is 586. The number of carbonyl (C=O) groups is 1. The first-order chi connectivity index (χ1) is 8.56. The molecule has 0 radical (unpaired) electrons. The molecule has 0 saturated heterocycles. The van der Waals surface area contributed by atoms with Crippen molar-refractivity contribution >= 4 is 16.8 Å². The summed E-state index contributed by atoms with van der Waals surface area (Å²) in [4.78, 5) is 11.4. The van der Waals surface area contributed by atoms with Crippen LogP contribution in [0.5, 0.6) is 0 Å². The molecule has 0 aliphatic rings. The SMILES string of the molecule is Cc1c(C(C)NC(=O)CN)c2ccccc2n1C. The standard InChI is InChI=1S/C14H19N3O/c1-9(16-13(18)8-15)14-10(2)17(3)12-7-5-4-6-11(12)14/h4-7,9H,8,15H2,1-3H3,(H,16,18). The summed E-state index contributed by atoms with van der Waals surface area (Å²) in [6.07, 6.45) is 0. The molecule has 0 bridgehead atoms. The molecule has 96 valence electrons. The van der Waals surface area contributed by atoms with E-state index in [0.29, 0.717) is 0 Å². The molecule has 4 nitrogen and oxygen atoms in total. The highest BCUT2D eigenvalue weighted by Crippen LogP contribution is 2.29. The van der Waals surface area contributed by atoms with Gasteiger partial charge < -0.3 is 15.6 Å². The van der Waals surface area contributed by atoms with Crippen molar-refractivity contribution in [3.8, 4) is 0 Å². The van der Waals surface area contributed by atoms with E-state index >= 15 is 0 Å². The zero-order valence-corrected chi connectivity index (χ0v) is 11.0. The van der Waals surface area contributed by atoms with E-state index in [1.807, 2.05) is 26.1 Å². The highest BCUT2D eigenvalue weighted by Gasteiger charge is 2.18. The maximum atomic E-state index is 11.4. The first kappa shape index (κ1) is 12.6. The van der Waals surface area contributed by atoms with E-state index < -0.39 is 0 Å². The van der Waals surface area contributed by atoms with Crippen LogP contribution in [0.3, 0.4) is 0 Å². The second kappa shape index (κ2) is 4.82. The maximum Gasteiger partial charge on any atom is 0.234 e. The Balaban J connectivity index is 2.50. The zero-order chi connectivity index (χ0) is 13.3. The van der Waals surface area contributed by atoms with Gasteiger partial charge in [0.15, 0.2) is 0 Å². The third kappa shape index (κ3) is 1.99. The van der Waals surface area contributed by atoms with Gasteiger partial charge in [-0.2, -0.15) is 0 Å². The fourth-order valence-corrected chi connectivity index (χ4v) is 2.47. The summed E-state index contributed by atoms with van der Waals surface area (Å²) in [7, 11) is 2.04. The Morgan fingerprint density at radius 1 is 1.44 bits per heavy atom. The van der Waals surface area contributed by atoms with E-state index in [2.05, 4.69) is 28.9 Å². The van der Waals surface area contributed by atoms with Crippen molar-refractivity contribution in [3.05, 3.63) is 35.5 Å². The second-order valence-corrected chi connectivity index (χ2v) is 4.57. The Labute approximate surface area is 107 Å². The fourth-order valence-electron chi connectivity index (χ4n) is 2.47. The number of para-hydroxylation sites is 1. The summed E-state index contributed by atoms with van der Waals surface area (Å²) in [5, 5.41) is 4.10. The summed E-state index contributed by atoms with van der Waals surface area (Å²) >= 11 is 0. The number of aromatic nitrogens is 1. The number of fused-ring (bicyclic) bond motifs is 1. The van der Waals surface area contributed by atoms with Gasteiger partial charge in [0.2, 0.25) is 5.91 Å². The minimum absolute atomic E-state index is 0.0220. The lowest BCUT2D eigenvalue weighted by Crippen LogP contribution is -2.32. The summed E-state index contributed by atoms with van der Waals surface area (Å²) in [6, 6.07) is 8.18. The molecule has 1 aromatic carbocycles. The Morgan fingerprint density at radius 3 is 2.78 bits per heavy atom. The summed E-state index contributed by atoms with van der Waals surface area (Å²) in [6.45, 7) is 4.08. The predicted molar refractivity (Wildman–Crippen MR) is 73.3 cm³/mol. The van der Waals surface area contributed by atoms with Crippen LogP contribution < -0.4 is 11.1 Å². The van der Waals surface area contributed by atoms with Crippen molar-refractivity contribution in [3.63, 3.8) is 0 Å². The average molecular weight is 245 g/mol. The number of carbonyl (C=O) groups excluding carboxylic acids is 1. The van der Waals surface area contributed by atoms with Gasteiger partial charge in [0.1, 0.15) is 0 Å². The molecule has 0 spiro atoms. The van der Waals surface area contributed by atoms with Crippen LogP contribution in [-0.2, 0) is 11.8 Å². The summed E-state index contributed by atoms with van der Waals surface area (Å²) in [5.74, 6) is -0.130. The number of benzene rings is 1. The van der Waals surface area contributed by atoms with Gasteiger partial charge in [0.05, 0.1) is 12.6 Å². The van der Waals surface area contributed by atoms with Crippen LogP contribution in [0.2, 0.25) is 0 Å². The van der Waals surface area contributed by atoms with Crippen molar-refractivity contribution in [2.45, 2.75) is 19.9 Å². The number of hydrogen-bond donors (Lipinski definition) is 2. The molecule has 4 heteroatoms. The van der Waals surface area contributed by atoms with Crippen LogP contribution in [0.15, 0.2) is 24.3 Å². The molecule has 1 unspecified atom stereocenters. The number of amides is 1. The number of hydrogen-bond acceptors (Lipinski definition) is 2. The van der Waals surface area contributed by atoms with Crippen LogP contribution >= 0.6 is 0 Å². The fraction of sp³-hybridized carbons (Fsp3) is 0.357. The van der Waals surface area contributed by atoms with Crippen molar-refractivity contribution in [2.75, 3.05) is 6.54 Å². The predicted octanol–water partition coefficient (Wildman–Crippen LogP) is 1.62. The number of nitrogens with two attached hydrogens (primary N) is 1. The third-order valence-corrected chi connectivity index (χ3v) is 3.44. The van der Waals surface area contributed by atoms with Crippen LogP contribution in [0.25, 0.3) is 10.9 Å². The molecule has 1 atom stereocenters. The Morgan fingerprint density at radius 2 is 2.11 bits per heavy atom. The van der Waals surface area contributed by atoms with Crippen LogP contribution in [0, 0.1) is 6.92 Å². The molecular weight excluding hydrogens is 226 g/mol. The molecule has 0 saturated carbocycles. The number of aryl methyl sites for hydroxylation is 1. The Kier molecular flexibility index (Phi) is 3.39. The van der Waals surface area contributed by atoms with Gasteiger partial charge in [-0.05, 0) is 19.9 Å². The van der Waals surface area contributed by atoms with Gasteiger partial charge in [-0.25, -0.2) is 0 Å². The lowest BCUT2D eigenvalue weighted by Gasteiger charge is -2.14. The van der Waals surface area contributed by atoms with Gasteiger partial charge in [-0.3, -0.25) is 4.79 Å². The van der Waals surface area contributed by atoms with Crippen LogP contribution in [0.4, 0.5) is 0 Å². The molecule has 18 heavy (non-hydrogen) atoms. The van der Waals surface area contributed by atoms with E-state index in [1.54, 1.807) is 0 Å². The largest absolute Gasteiger partial charge is 0.348 e. The summed E-state index contributed by atoms with van der Waals surface area (Å²) in [5.41, 5.74) is 8.85. The lowest BCUT2D eigenvalue weighted by atomic mass is 10.0. The van der Waals surface area contributed by atoms with E-state index in [-0.39, 0.29) is 18.5 Å². The maximum absolute atomic E-state index is 11.4. The molecule has 0 aliphatic carbocycles.